The minimum Gasteiger partial charge on any atom is -0.382 e. The zero-order valence-corrected chi connectivity index (χ0v) is 10.4. The van der Waals surface area contributed by atoms with Gasteiger partial charge >= 0.3 is 0 Å². The molecule has 0 amide bonds. The van der Waals surface area contributed by atoms with E-state index in [1.807, 2.05) is 26.8 Å². The molecule has 0 spiro atoms. The summed E-state index contributed by atoms with van der Waals surface area (Å²) in [4.78, 5) is 0. The van der Waals surface area contributed by atoms with Crippen molar-refractivity contribution in [2.45, 2.75) is 32.7 Å². The molecule has 0 radical (unpaired) electrons. The smallest absolute Gasteiger partial charge is 0.128 e. The molecule has 3 heteroatoms. The van der Waals surface area contributed by atoms with Gasteiger partial charge < -0.3 is 10.5 Å². The minimum atomic E-state index is -0.739. The summed E-state index contributed by atoms with van der Waals surface area (Å²) in [5.74, 6) is -0.237. The van der Waals surface area contributed by atoms with E-state index in [9.17, 15) is 4.39 Å². The van der Waals surface area contributed by atoms with Crippen LogP contribution in [0.4, 0.5) is 4.39 Å². The van der Waals surface area contributed by atoms with E-state index in [-0.39, 0.29) is 5.82 Å². The SMILES string of the molecule is CCC(N)(COC)c1c(C)cc(C)cc1F. The van der Waals surface area contributed by atoms with Gasteiger partial charge in [0.05, 0.1) is 12.1 Å². The molecule has 0 aromatic heterocycles. The van der Waals surface area contributed by atoms with Gasteiger partial charge in [0.1, 0.15) is 5.82 Å². The second-order valence-electron chi connectivity index (χ2n) is 4.38. The number of aryl methyl sites for hydroxylation is 2. The number of benzene rings is 1. The average Bonchev–Trinajstić information content (AvgIpc) is 2.16. The lowest BCUT2D eigenvalue weighted by atomic mass is 9.85. The quantitative estimate of drug-likeness (QED) is 0.855. The van der Waals surface area contributed by atoms with E-state index in [2.05, 4.69) is 0 Å². The van der Waals surface area contributed by atoms with Crippen LogP contribution in [-0.4, -0.2) is 13.7 Å². The monoisotopic (exact) mass is 225 g/mol. The summed E-state index contributed by atoms with van der Waals surface area (Å²) in [5.41, 5.74) is 7.85. The third-order valence-electron chi connectivity index (χ3n) is 2.96. The van der Waals surface area contributed by atoms with Crippen molar-refractivity contribution in [1.29, 1.82) is 0 Å². The van der Waals surface area contributed by atoms with Crippen LogP contribution in [-0.2, 0) is 10.3 Å². The lowest BCUT2D eigenvalue weighted by Gasteiger charge is -2.30. The molecule has 0 saturated carbocycles. The van der Waals surface area contributed by atoms with Gasteiger partial charge in [-0.2, -0.15) is 0 Å². The minimum absolute atomic E-state index is 0.237. The van der Waals surface area contributed by atoms with Gasteiger partial charge in [-0.15, -0.1) is 0 Å². The molecule has 0 aliphatic carbocycles. The first-order valence-electron chi connectivity index (χ1n) is 5.49. The Balaban J connectivity index is 3.30. The van der Waals surface area contributed by atoms with Crippen LogP contribution in [0.1, 0.15) is 30.0 Å². The first kappa shape index (κ1) is 13.1. The molecule has 1 rings (SSSR count). The largest absolute Gasteiger partial charge is 0.382 e. The van der Waals surface area contributed by atoms with Crippen LogP contribution in [0.3, 0.4) is 0 Å². The Labute approximate surface area is 96.6 Å². The lowest BCUT2D eigenvalue weighted by molar-refractivity contribution is 0.126. The summed E-state index contributed by atoms with van der Waals surface area (Å²) in [6.45, 7) is 6.03. The van der Waals surface area contributed by atoms with E-state index < -0.39 is 5.54 Å². The molecular formula is C13H20FNO. The zero-order chi connectivity index (χ0) is 12.3. The molecule has 16 heavy (non-hydrogen) atoms. The van der Waals surface area contributed by atoms with E-state index in [4.69, 9.17) is 10.5 Å². The Morgan fingerprint density at radius 2 is 2.00 bits per heavy atom. The highest BCUT2D eigenvalue weighted by Crippen LogP contribution is 2.29. The topological polar surface area (TPSA) is 35.2 Å². The summed E-state index contributed by atoms with van der Waals surface area (Å²) in [6, 6.07) is 3.47. The normalized spacial score (nSPS) is 14.9. The summed E-state index contributed by atoms with van der Waals surface area (Å²) < 4.78 is 19.1. The highest BCUT2D eigenvalue weighted by molar-refractivity contribution is 5.37. The molecule has 1 aromatic rings. The van der Waals surface area contributed by atoms with E-state index in [0.29, 0.717) is 18.6 Å². The average molecular weight is 225 g/mol. The summed E-state index contributed by atoms with van der Waals surface area (Å²) in [7, 11) is 1.58. The van der Waals surface area contributed by atoms with Crippen molar-refractivity contribution in [2.75, 3.05) is 13.7 Å². The van der Waals surface area contributed by atoms with Gasteiger partial charge in [-0.25, -0.2) is 4.39 Å². The molecule has 1 unspecified atom stereocenters. The predicted molar refractivity (Wildman–Crippen MR) is 63.9 cm³/mol. The van der Waals surface area contributed by atoms with Crippen LogP contribution >= 0.6 is 0 Å². The van der Waals surface area contributed by atoms with Gasteiger partial charge in [-0.3, -0.25) is 0 Å². The Hall–Kier alpha value is -0.930. The van der Waals surface area contributed by atoms with Crippen LogP contribution < -0.4 is 5.73 Å². The highest BCUT2D eigenvalue weighted by atomic mass is 19.1. The fourth-order valence-electron chi connectivity index (χ4n) is 2.15. The van der Waals surface area contributed by atoms with E-state index >= 15 is 0 Å². The number of hydrogen-bond acceptors (Lipinski definition) is 2. The molecule has 90 valence electrons. The lowest BCUT2D eigenvalue weighted by Crippen LogP contribution is -2.42. The Kier molecular flexibility index (Phi) is 4.05. The van der Waals surface area contributed by atoms with Gasteiger partial charge in [0.15, 0.2) is 0 Å². The van der Waals surface area contributed by atoms with Crippen LogP contribution in [0.15, 0.2) is 12.1 Å². The molecule has 0 aliphatic rings. The Morgan fingerprint density at radius 1 is 1.38 bits per heavy atom. The molecule has 0 heterocycles. The summed E-state index contributed by atoms with van der Waals surface area (Å²) in [6.07, 6.45) is 0.641. The summed E-state index contributed by atoms with van der Waals surface area (Å²) >= 11 is 0. The van der Waals surface area contributed by atoms with Gasteiger partial charge in [-0.1, -0.05) is 13.0 Å². The first-order chi connectivity index (χ1) is 7.44. The maximum atomic E-state index is 14.0. The molecule has 2 nitrogen and oxygen atoms in total. The van der Waals surface area contributed by atoms with Crippen LogP contribution in [0.2, 0.25) is 0 Å². The van der Waals surface area contributed by atoms with Crippen molar-refractivity contribution in [2.24, 2.45) is 5.73 Å². The summed E-state index contributed by atoms with van der Waals surface area (Å²) in [5, 5.41) is 0. The van der Waals surface area contributed by atoms with E-state index in [0.717, 1.165) is 11.1 Å². The van der Waals surface area contributed by atoms with E-state index in [1.165, 1.54) is 6.07 Å². The Morgan fingerprint density at radius 3 is 2.44 bits per heavy atom. The molecule has 0 saturated heterocycles. The first-order valence-corrected chi connectivity index (χ1v) is 5.49. The van der Waals surface area contributed by atoms with Crippen molar-refractivity contribution in [3.8, 4) is 0 Å². The fourth-order valence-corrected chi connectivity index (χ4v) is 2.15. The maximum Gasteiger partial charge on any atom is 0.128 e. The fraction of sp³-hybridized carbons (Fsp3) is 0.538. The van der Waals surface area contributed by atoms with E-state index in [1.54, 1.807) is 7.11 Å². The van der Waals surface area contributed by atoms with Crippen molar-refractivity contribution < 1.29 is 9.13 Å². The number of halogens is 1. The maximum absolute atomic E-state index is 14.0. The zero-order valence-electron chi connectivity index (χ0n) is 10.4. The molecule has 1 aromatic carbocycles. The van der Waals surface area contributed by atoms with Crippen molar-refractivity contribution in [1.82, 2.24) is 0 Å². The number of hydrogen-bond donors (Lipinski definition) is 1. The number of nitrogens with two attached hydrogens (primary N) is 1. The molecule has 0 fully saturated rings. The van der Waals surface area contributed by atoms with Crippen LogP contribution in [0.5, 0.6) is 0 Å². The van der Waals surface area contributed by atoms with Crippen LogP contribution in [0.25, 0.3) is 0 Å². The third-order valence-corrected chi connectivity index (χ3v) is 2.96. The predicted octanol–water partition coefficient (Wildman–Crippen LogP) is 2.65. The number of ether oxygens (including phenoxy) is 1. The van der Waals surface area contributed by atoms with Gasteiger partial charge in [0.25, 0.3) is 0 Å². The van der Waals surface area contributed by atoms with Gasteiger partial charge in [0.2, 0.25) is 0 Å². The van der Waals surface area contributed by atoms with Crippen molar-refractivity contribution in [3.05, 3.63) is 34.6 Å². The highest BCUT2D eigenvalue weighted by Gasteiger charge is 2.30. The second-order valence-corrected chi connectivity index (χ2v) is 4.38. The Bertz CT molecular complexity index is 355. The number of methoxy groups -OCH3 is 1. The van der Waals surface area contributed by atoms with Crippen molar-refractivity contribution >= 4 is 0 Å². The molecule has 2 N–H and O–H groups in total. The molecular weight excluding hydrogens is 205 g/mol. The molecule has 0 aliphatic heterocycles. The standard InChI is InChI=1S/C13H20FNO/c1-5-13(15,8-16-4)12-10(3)6-9(2)7-11(12)14/h6-7H,5,8,15H2,1-4H3. The third kappa shape index (κ3) is 2.42. The molecule has 1 atom stereocenters. The van der Waals surface area contributed by atoms with Crippen LogP contribution in [0, 0.1) is 19.7 Å². The van der Waals surface area contributed by atoms with Gasteiger partial charge in [0, 0.05) is 12.7 Å². The molecule has 0 bridgehead atoms. The second kappa shape index (κ2) is 4.93. The van der Waals surface area contributed by atoms with Crippen molar-refractivity contribution in [3.63, 3.8) is 0 Å². The van der Waals surface area contributed by atoms with Gasteiger partial charge in [-0.05, 0) is 37.5 Å². The number of rotatable bonds is 4.